The van der Waals surface area contributed by atoms with Crippen LogP contribution in [0.4, 0.5) is 0 Å². The number of methoxy groups -OCH3 is 1. The Hall–Kier alpha value is -0.0800. The SMILES string of the molecule is COCCCCCCCCCCCCCCCO. The van der Waals surface area contributed by atoms with Crippen LogP contribution < -0.4 is 0 Å². The molecule has 0 heterocycles. The lowest BCUT2D eigenvalue weighted by molar-refractivity contribution is 0.192. The van der Waals surface area contributed by atoms with Crippen LogP contribution in [0.1, 0.15) is 83.5 Å². The van der Waals surface area contributed by atoms with Crippen molar-refractivity contribution in [1.82, 2.24) is 0 Å². The molecule has 0 atom stereocenters. The van der Waals surface area contributed by atoms with Crippen molar-refractivity contribution in [3.8, 4) is 0 Å². The summed E-state index contributed by atoms with van der Waals surface area (Å²) in [5, 5.41) is 8.65. The van der Waals surface area contributed by atoms with Crippen LogP contribution in [0, 0.1) is 0 Å². The molecule has 0 aromatic carbocycles. The Morgan fingerprint density at radius 2 is 0.889 bits per heavy atom. The number of ether oxygens (including phenoxy) is 1. The Bertz CT molecular complexity index is 121. The topological polar surface area (TPSA) is 29.5 Å². The van der Waals surface area contributed by atoms with Gasteiger partial charge in [-0.05, 0) is 12.8 Å². The van der Waals surface area contributed by atoms with Gasteiger partial charge in [-0.1, -0.05) is 70.6 Å². The van der Waals surface area contributed by atoms with E-state index in [9.17, 15) is 0 Å². The number of hydrogen-bond donors (Lipinski definition) is 1. The molecule has 0 unspecified atom stereocenters. The average molecular weight is 258 g/mol. The molecule has 0 saturated heterocycles. The summed E-state index contributed by atoms with van der Waals surface area (Å²) in [6.07, 6.45) is 17.2. The summed E-state index contributed by atoms with van der Waals surface area (Å²) < 4.78 is 5.04. The van der Waals surface area contributed by atoms with Crippen LogP contribution in [0.5, 0.6) is 0 Å². The summed E-state index contributed by atoms with van der Waals surface area (Å²) in [4.78, 5) is 0. The summed E-state index contributed by atoms with van der Waals surface area (Å²) in [6, 6.07) is 0. The Kier molecular flexibility index (Phi) is 16.8. The van der Waals surface area contributed by atoms with Gasteiger partial charge in [0.2, 0.25) is 0 Å². The maximum atomic E-state index is 8.65. The van der Waals surface area contributed by atoms with Gasteiger partial charge in [-0.3, -0.25) is 0 Å². The van der Waals surface area contributed by atoms with Crippen LogP contribution in [0.15, 0.2) is 0 Å². The largest absolute Gasteiger partial charge is 0.396 e. The minimum absolute atomic E-state index is 0.365. The van der Waals surface area contributed by atoms with Gasteiger partial charge < -0.3 is 9.84 Å². The van der Waals surface area contributed by atoms with Gasteiger partial charge in [0.15, 0.2) is 0 Å². The highest BCUT2D eigenvalue weighted by Crippen LogP contribution is 2.12. The van der Waals surface area contributed by atoms with Gasteiger partial charge in [-0.15, -0.1) is 0 Å². The van der Waals surface area contributed by atoms with Crippen molar-refractivity contribution in [1.29, 1.82) is 0 Å². The van der Waals surface area contributed by atoms with E-state index in [1.54, 1.807) is 7.11 Å². The third-order valence-electron chi connectivity index (χ3n) is 3.51. The monoisotopic (exact) mass is 258 g/mol. The van der Waals surface area contributed by atoms with Crippen LogP contribution in [0.2, 0.25) is 0 Å². The molecule has 0 aromatic heterocycles. The van der Waals surface area contributed by atoms with Crippen molar-refractivity contribution in [2.24, 2.45) is 0 Å². The van der Waals surface area contributed by atoms with Gasteiger partial charge >= 0.3 is 0 Å². The number of unbranched alkanes of at least 4 members (excludes halogenated alkanes) is 12. The van der Waals surface area contributed by atoms with Gasteiger partial charge in [0.25, 0.3) is 0 Å². The van der Waals surface area contributed by atoms with Crippen LogP contribution in [-0.2, 0) is 4.74 Å². The second-order valence-corrected chi connectivity index (χ2v) is 5.31. The molecule has 0 spiro atoms. The molecule has 0 fully saturated rings. The van der Waals surface area contributed by atoms with Crippen LogP contribution in [0.3, 0.4) is 0 Å². The zero-order valence-corrected chi connectivity index (χ0v) is 12.5. The van der Waals surface area contributed by atoms with Crippen molar-refractivity contribution < 1.29 is 9.84 Å². The lowest BCUT2D eigenvalue weighted by Gasteiger charge is -2.03. The molecule has 0 amide bonds. The summed E-state index contributed by atoms with van der Waals surface area (Å²) in [6.45, 7) is 1.29. The van der Waals surface area contributed by atoms with Crippen molar-refractivity contribution in [2.75, 3.05) is 20.3 Å². The molecule has 0 aliphatic carbocycles. The first kappa shape index (κ1) is 17.9. The van der Waals surface area contributed by atoms with E-state index < -0.39 is 0 Å². The number of aliphatic hydroxyl groups is 1. The van der Waals surface area contributed by atoms with E-state index in [1.807, 2.05) is 0 Å². The molecule has 110 valence electrons. The zero-order chi connectivity index (χ0) is 13.3. The Balaban J connectivity index is 2.86. The van der Waals surface area contributed by atoms with Gasteiger partial charge in [-0.25, -0.2) is 0 Å². The maximum Gasteiger partial charge on any atom is 0.0462 e. The standard InChI is InChI=1S/C16H34O2/c1-18-16-14-12-10-8-6-4-2-3-5-7-9-11-13-15-17/h17H,2-16H2,1H3. The molecule has 0 aliphatic heterocycles. The summed E-state index contributed by atoms with van der Waals surface area (Å²) in [5.74, 6) is 0. The fourth-order valence-electron chi connectivity index (χ4n) is 2.30. The van der Waals surface area contributed by atoms with Crippen molar-refractivity contribution in [3.05, 3.63) is 0 Å². The second kappa shape index (κ2) is 16.9. The molecular weight excluding hydrogens is 224 g/mol. The fraction of sp³-hybridized carbons (Fsp3) is 1.00. The van der Waals surface area contributed by atoms with E-state index in [4.69, 9.17) is 9.84 Å². The molecule has 1 N–H and O–H groups in total. The summed E-state index contributed by atoms with van der Waals surface area (Å²) in [5.41, 5.74) is 0. The fourth-order valence-corrected chi connectivity index (χ4v) is 2.30. The molecule has 0 bridgehead atoms. The average Bonchev–Trinajstić information content (AvgIpc) is 2.39. The zero-order valence-electron chi connectivity index (χ0n) is 12.5. The number of hydrogen-bond acceptors (Lipinski definition) is 2. The van der Waals surface area contributed by atoms with Crippen molar-refractivity contribution in [3.63, 3.8) is 0 Å². The molecule has 2 nitrogen and oxygen atoms in total. The van der Waals surface area contributed by atoms with Gasteiger partial charge in [-0.2, -0.15) is 0 Å². The van der Waals surface area contributed by atoms with E-state index in [0.717, 1.165) is 13.0 Å². The normalized spacial score (nSPS) is 11.0. The first-order valence-corrected chi connectivity index (χ1v) is 8.01. The van der Waals surface area contributed by atoms with Crippen LogP contribution >= 0.6 is 0 Å². The first-order valence-electron chi connectivity index (χ1n) is 8.01. The van der Waals surface area contributed by atoms with E-state index >= 15 is 0 Å². The van der Waals surface area contributed by atoms with Gasteiger partial charge in [0.1, 0.15) is 0 Å². The molecule has 0 aliphatic rings. The molecule has 0 radical (unpaired) electrons. The predicted octanol–water partition coefficient (Wildman–Crippen LogP) is 4.70. The molecular formula is C16H34O2. The van der Waals surface area contributed by atoms with E-state index in [1.165, 1.54) is 77.0 Å². The Morgan fingerprint density at radius 1 is 0.556 bits per heavy atom. The molecule has 0 aromatic rings. The second-order valence-electron chi connectivity index (χ2n) is 5.31. The maximum absolute atomic E-state index is 8.65. The highest BCUT2D eigenvalue weighted by molar-refractivity contribution is 4.49. The quantitative estimate of drug-likeness (QED) is 0.432. The Labute approximate surface area is 114 Å². The first-order chi connectivity index (χ1) is 8.91. The molecule has 2 heteroatoms. The third kappa shape index (κ3) is 15.9. The molecule has 0 saturated carbocycles. The van der Waals surface area contributed by atoms with E-state index in [0.29, 0.717) is 6.61 Å². The minimum atomic E-state index is 0.365. The third-order valence-corrected chi connectivity index (χ3v) is 3.51. The van der Waals surface area contributed by atoms with Crippen LogP contribution in [-0.4, -0.2) is 25.4 Å². The van der Waals surface area contributed by atoms with Gasteiger partial charge in [0.05, 0.1) is 0 Å². The van der Waals surface area contributed by atoms with E-state index in [2.05, 4.69) is 0 Å². The summed E-state index contributed by atoms with van der Waals surface area (Å²) in [7, 11) is 1.78. The lowest BCUT2D eigenvalue weighted by atomic mass is 10.0. The smallest absolute Gasteiger partial charge is 0.0462 e. The number of aliphatic hydroxyl groups excluding tert-OH is 1. The molecule has 0 rings (SSSR count). The van der Waals surface area contributed by atoms with E-state index in [-0.39, 0.29) is 0 Å². The Morgan fingerprint density at radius 3 is 1.22 bits per heavy atom. The number of rotatable bonds is 15. The minimum Gasteiger partial charge on any atom is -0.396 e. The van der Waals surface area contributed by atoms with Crippen LogP contribution in [0.25, 0.3) is 0 Å². The van der Waals surface area contributed by atoms with Gasteiger partial charge in [0, 0.05) is 20.3 Å². The van der Waals surface area contributed by atoms with Crippen molar-refractivity contribution in [2.45, 2.75) is 83.5 Å². The predicted molar refractivity (Wildman–Crippen MR) is 79.0 cm³/mol. The highest BCUT2D eigenvalue weighted by Gasteiger charge is 1.93. The van der Waals surface area contributed by atoms with Crippen molar-refractivity contribution >= 4 is 0 Å². The summed E-state index contributed by atoms with van der Waals surface area (Å²) >= 11 is 0. The molecule has 18 heavy (non-hydrogen) atoms. The lowest BCUT2D eigenvalue weighted by Crippen LogP contribution is -1.88. The highest BCUT2D eigenvalue weighted by atomic mass is 16.5.